The first kappa shape index (κ1) is 16.9. The van der Waals surface area contributed by atoms with Crippen molar-refractivity contribution in [1.29, 1.82) is 0 Å². The molecule has 1 amide bonds. The van der Waals surface area contributed by atoms with E-state index in [1.807, 2.05) is 6.07 Å². The Morgan fingerprint density at radius 3 is 2.67 bits per heavy atom. The summed E-state index contributed by atoms with van der Waals surface area (Å²) in [6.07, 6.45) is 2.43. The molecule has 128 valence electrons. The monoisotopic (exact) mass is 350 g/mol. The van der Waals surface area contributed by atoms with E-state index < -0.39 is 0 Å². The standard InChI is InChI=1S/C17H20ClFN4O/c1-21-12-15(18)16(20-21)17(24)23-9-7-22(8-10-23)6-5-13-3-2-4-14(19)11-13/h2-4,11-12H,5-10H2,1H3. The zero-order valence-corrected chi connectivity index (χ0v) is 14.3. The fourth-order valence-electron chi connectivity index (χ4n) is 2.91. The number of piperazine rings is 1. The molecule has 0 aliphatic carbocycles. The number of amides is 1. The second-order valence-electron chi connectivity index (χ2n) is 6.01. The predicted octanol–water partition coefficient (Wildman–Crippen LogP) is 2.21. The number of aryl methyl sites for hydroxylation is 1. The van der Waals surface area contributed by atoms with Gasteiger partial charge in [0, 0.05) is 46.0 Å². The second-order valence-corrected chi connectivity index (χ2v) is 6.42. The molecule has 0 radical (unpaired) electrons. The van der Waals surface area contributed by atoms with Gasteiger partial charge in [0.2, 0.25) is 0 Å². The van der Waals surface area contributed by atoms with E-state index in [9.17, 15) is 9.18 Å². The van der Waals surface area contributed by atoms with Gasteiger partial charge in [0.25, 0.3) is 5.91 Å². The van der Waals surface area contributed by atoms with Crippen molar-refractivity contribution in [3.8, 4) is 0 Å². The third kappa shape index (κ3) is 3.94. The van der Waals surface area contributed by atoms with Crippen LogP contribution in [0.1, 0.15) is 16.1 Å². The van der Waals surface area contributed by atoms with Crippen LogP contribution < -0.4 is 0 Å². The minimum Gasteiger partial charge on any atom is -0.335 e. The number of carbonyl (C=O) groups excluding carboxylic acids is 1. The Morgan fingerprint density at radius 2 is 2.04 bits per heavy atom. The molecule has 0 atom stereocenters. The average molecular weight is 351 g/mol. The van der Waals surface area contributed by atoms with E-state index in [0.29, 0.717) is 23.8 Å². The van der Waals surface area contributed by atoms with Crippen LogP contribution in [0, 0.1) is 5.82 Å². The van der Waals surface area contributed by atoms with Crippen molar-refractivity contribution >= 4 is 17.5 Å². The number of halogens is 2. The number of aromatic nitrogens is 2. The Hall–Kier alpha value is -1.92. The van der Waals surface area contributed by atoms with E-state index in [1.165, 1.54) is 6.07 Å². The number of carbonyl (C=O) groups is 1. The highest BCUT2D eigenvalue weighted by Gasteiger charge is 2.25. The van der Waals surface area contributed by atoms with Gasteiger partial charge < -0.3 is 4.90 Å². The maximum Gasteiger partial charge on any atom is 0.276 e. The summed E-state index contributed by atoms with van der Waals surface area (Å²) in [5.41, 5.74) is 1.31. The van der Waals surface area contributed by atoms with Crippen molar-refractivity contribution in [2.75, 3.05) is 32.7 Å². The highest BCUT2D eigenvalue weighted by molar-refractivity contribution is 6.33. The van der Waals surface area contributed by atoms with Gasteiger partial charge in [-0.2, -0.15) is 5.10 Å². The SMILES string of the molecule is Cn1cc(Cl)c(C(=O)N2CCN(CCc3cccc(F)c3)CC2)n1. The first-order valence-electron chi connectivity index (χ1n) is 7.98. The van der Waals surface area contributed by atoms with Crippen molar-refractivity contribution < 1.29 is 9.18 Å². The molecule has 2 heterocycles. The highest BCUT2D eigenvalue weighted by atomic mass is 35.5. The highest BCUT2D eigenvalue weighted by Crippen LogP contribution is 2.16. The first-order valence-corrected chi connectivity index (χ1v) is 8.36. The fourth-order valence-corrected chi connectivity index (χ4v) is 3.17. The molecular weight excluding hydrogens is 331 g/mol. The lowest BCUT2D eigenvalue weighted by atomic mass is 10.1. The molecule has 1 aromatic heterocycles. The van der Waals surface area contributed by atoms with Crippen LogP contribution in [0.15, 0.2) is 30.5 Å². The third-order valence-corrected chi connectivity index (χ3v) is 4.53. The predicted molar refractivity (Wildman–Crippen MR) is 90.7 cm³/mol. The molecule has 3 rings (SSSR count). The number of hydrogen-bond donors (Lipinski definition) is 0. The van der Waals surface area contributed by atoms with Crippen molar-refractivity contribution in [3.05, 3.63) is 52.6 Å². The first-order chi connectivity index (χ1) is 11.5. The van der Waals surface area contributed by atoms with Crippen molar-refractivity contribution in [1.82, 2.24) is 19.6 Å². The van der Waals surface area contributed by atoms with Crippen LogP contribution in [0.25, 0.3) is 0 Å². The smallest absolute Gasteiger partial charge is 0.276 e. The Morgan fingerprint density at radius 1 is 1.29 bits per heavy atom. The summed E-state index contributed by atoms with van der Waals surface area (Å²) >= 11 is 6.05. The van der Waals surface area contributed by atoms with Gasteiger partial charge in [-0.05, 0) is 24.1 Å². The maximum absolute atomic E-state index is 13.2. The Bertz CT molecular complexity index is 725. The number of benzene rings is 1. The molecule has 5 nitrogen and oxygen atoms in total. The van der Waals surface area contributed by atoms with E-state index in [1.54, 1.807) is 35.0 Å². The maximum atomic E-state index is 13.2. The summed E-state index contributed by atoms with van der Waals surface area (Å²) in [6, 6.07) is 6.70. The lowest BCUT2D eigenvalue weighted by Gasteiger charge is -2.34. The summed E-state index contributed by atoms with van der Waals surface area (Å²) in [5, 5.41) is 4.52. The van der Waals surface area contributed by atoms with Crippen LogP contribution in [-0.4, -0.2) is 58.2 Å². The Balaban J connectivity index is 1.50. The zero-order valence-electron chi connectivity index (χ0n) is 13.6. The minimum absolute atomic E-state index is 0.120. The van der Waals surface area contributed by atoms with Crippen LogP contribution in [0.3, 0.4) is 0 Å². The average Bonchev–Trinajstić information content (AvgIpc) is 2.91. The normalized spacial score (nSPS) is 15.7. The van der Waals surface area contributed by atoms with Gasteiger partial charge in [-0.3, -0.25) is 14.4 Å². The number of hydrogen-bond acceptors (Lipinski definition) is 3. The van der Waals surface area contributed by atoms with Crippen LogP contribution in [0.5, 0.6) is 0 Å². The third-order valence-electron chi connectivity index (χ3n) is 4.25. The zero-order chi connectivity index (χ0) is 17.1. The largest absolute Gasteiger partial charge is 0.335 e. The summed E-state index contributed by atoms with van der Waals surface area (Å²) < 4.78 is 14.7. The van der Waals surface area contributed by atoms with Gasteiger partial charge in [-0.15, -0.1) is 0 Å². The summed E-state index contributed by atoms with van der Waals surface area (Å²) in [4.78, 5) is 16.5. The molecule has 0 bridgehead atoms. The Labute approximate surface area is 145 Å². The van der Waals surface area contributed by atoms with Gasteiger partial charge in [0.05, 0.1) is 5.02 Å². The molecule has 1 aromatic carbocycles. The number of nitrogens with zero attached hydrogens (tertiary/aromatic N) is 4. The molecule has 0 N–H and O–H groups in total. The van der Waals surface area contributed by atoms with E-state index >= 15 is 0 Å². The quantitative estimate of drug-likeness (QED) is 0.849. The summed E-state index contributed by atoms with van der Waals surface area (Å²) in [5.74, 6) is -0.319. The van der Waals surface area contributed by atoms with Crippen LogP contribution >= 0.6 is 11.6 Å². The molecule has 2 aromatic rings. The molecule has 0 saturated carbocycles. The molecule has 0 unspecified atom stereocenters. The van der Waals surface area contributed by atoms with Gasteiger partial charge in [-0.1, -0.05) is 23.7 Å². The molecule has 1 fully saturated rings. The van der Waals surface area contributed by atoms with Crippen molar-refractivity contribution in [3.63, 3.8) is 0 Å². The van der Waals surface area contributed by atoms with Crippen LogP contribution in [0.2, 0.25) is 5.02 Å². The van der Waals surface area contributed by atoms with Crippen molar-refractivity contribution in [2.45, 2.75) is 6.42 Å². The Kier molecular flexibility index (Phi) is 5.16. The molecule has 24 heavy (non-hydrogen) atoms. The van der Waals surface area contributed by atoms with E-state index in [0.717, 1.165) is 31.6 Å². The number of rotatable bonds is 4. The molecule has 7 heteroatoms. The van der Waals surface area contributed by atoms with Gasteiger partial charge >= 0.3 is 0 Å². The van der Waals surface area contributed by atoms with Gasteiger partial charge in [-0.25, -0.2) is 4.39 Å². The van der Waals surface area contributed by atoms with E-state index in [2.05, 4.69) is 10.00 Å². The molecule has 1 aliphatic rings. The lowest BCUT2D eigenvalue weighted by Crippen LogP contribution is -2.49. The van der Waals surface area contributed by atoms with Crippen LogP contribution in [0.4, 0.5) is 4.39 Å². The lowest BCUT2D eigenvalue weighted by molar-refractivity contribution is 0.0632. The molecular formula is C17H20ClFN4O. The van der Waals surface area contributed by atoms with E-state index in [4.69, 9.17) is 11.6 Å². The van der Waals surface area contributed by atoms with Crippen LogP contribution in [-0.2, 0) is 13.5 Å². The minimum atomic E-state index is -0.199. The molecule has 1 saturated heterocycles. The summed E-state index contributed by atoms with van der Waals surface area (Å²) in [6.45, 7) is 3.75. The fraction of sp³-hybridized carbons (Fsp3) is 0.412. The van der Waals surface area contributed by atoms with Gasteiger partial charge in [0.15, 0.2) is 5.69 Å². The van der Waals surface area contributed by atoms with Crippen molar-refractivity contribution in [2.24, 2.45) is 7.05 Å². The van der Waals surface area contributed by atoms with E-state index in [-0.39, 0.29) is 11.7 Å². The second kappa shape index (κ2) is 7.32. The topological polar surface area (TPSA) is 41.4 Å². The summed E-state index contributed by atoms with van der Waals surface area (Å²) in [7, 11) is 1.74. The van der Waals surface area contributed by atoms with Gasteiger partial charge in [0.1, 0.15) is 5.82 Å². The molecule has 1 aliphatic heterocycles. The molecule has 0 spiro atoms.